The summed E-state index contributed by atoms with van der Waals surface area (Å²) in [7, 11) is 0. The van der Waals surface area contributed by atoms with E-state index < -0.39 is 0 Å². The van der Waals surface area contributed by atoms with E-state index in [4.69, 9.17) is 9.47 Å². The van der Waals surface area contributed by atoms with Crippen molar-refractivity contribution < 1.29 is 18.7 Å². The molecule has 4 saturated carbocycles. The minimum absolute atomic E-state index is 0.165. The van der Waals surface area contributed by atoms with Crippen molar-refractivity contribution in [1.82, 2.24) is 0 Å². The highest BCUT2D eigenvalue weighted by molar-refractivity contribution is 5.87. The molecule has 3 nitrogen and oxygen atoms in total. The van der Waals surface area contributed by atoms with Crippen molar-refractivity contribution in [2.75, 3.05) is 19.9 Å². The van der Waals surface area contributed by atoms with Crippen molar-refractivity contribution in [2.45, 2.75) is 70.5 Å². The zero-order chi connectivity index (χ0) is 17.9. The third kappa shape index (κ3) is 2.47. The van der Waals surface area contributed by atoms with Gasteiger partial charge in [0.25, 0.3) is 0 Å². The maximum absolute atomic E-state index is 13.4. The minimum atomic E-state index is -0.309. The lowest BCUT2D eigenvalue weighted by molar-refractivity contribution is -0.213. The summed E-state index contributed by atoms with van der Waals surface area (Å²) in [6, 6.07) is 0. The number of ether oxygens (including phenoxy) is 2. The average Bonchev–Trinajstić information content (AvgIpc) is 3.19. The van der Waals surface area contributed by atoms with Gasteiger partial charge in [-0.25, -0.2) is 0 Å². The number of Topliss-reactive ketones (excluding diaryl/α,β-unsaturated/α-hetero) is 1. The van der Waals surface area contributed by atoms with Gasteiger partial charge >= 0.3 is 0 Å². The molecular formula is C22H33FO3. The summed E-state index contributed by atoms with van der Waals surface area (Å²) in [5, 5.41) is 0. The van der Waals surface area contributed by atoms with E-state index in [9.17, 15) is 9.18 Å². The average molecular weight is 365 g/mol. The van der Waals surface area contributed by atoms with Crippen LogP contribution in [0.15, 0.2) is 0 Å². The number of alkyl halides is 1. The number of halogens is 1. The van der Waals surface area contributed by atoms with Crippen LogP contribution in [0.2, 0.25) is 0 Å². The van der Waals surface area contributed by atoms with E-state index in [1.54, 1.807) is 0 Å². The van der Waals surface area contributed by atoms with Gasteiger partial charge in [0.05, 0.1) is 19.9 Å². The molecule has 0 bridgehead atoms. The number of carbonyl (C=O) groups excluding carboxylic acids is 1. The van der Waals surface area contributed by atoms with Crippen LogP contribution in [0.25, 0.3) is 0 Å². The van der Waals surface area contributed by atoms with Crippen LogP contribution in [0.3, 0.4) is 0 Å². The first-order chi connectivity index (χ1) is 12.6. The molecule has 0 N–H and O–H groups in total. The Morgan fingerprint density at radius 1 is 1.08 bits per heavy atom. The van der Waals surface area contributed by atoms with E-state index in [0.29, 0.717) is 47.7 Å². The van der Waals surface area contributed by atoms with Gasteiger partial charge in [-0.3, -0.25) is 9.18 Å². The van der Waals surface area contributed by atoms with Crippen LogP contribution >= 0.6 is 0 Å². The molecule has 1 saturated heterocycles. The first-order valence-corrected chi connectivity index (χ1v) is 10.9. The molecule has 5 unspecified atom stereocenters. The zero-order valence-corrected chi connectivity index (χ0v) is 16.1. The summed E-state index contributed by atoms with van der Waals surface area (Å²) >= 11 is 0. The Bertz CT molecular complexity index is 572. The summed E-state index contributed by atoms with van der Waals surface area (Å²) in [4.78, 5) is 12.7. The van der Waals surface area contributed by atoms with E-state index in [0.717, 1.165) is 51.7 Å². The fourth-order valence-electron chi connectivity index (χ4n) is 8.11. The van der Waals surface area contributed by atoms with Crippen molar-refractivity contribution in [2.24, 2.45) is 40.9 Å². The lowest BCUT2D eigenvalue weighted by atomic mass is 9.47. The van der Waals surface area contributed by atoms with E-state index in [2.05, 4.69) is 6.92 Å². The number of rotatable bonds is 2. The fourth-order valence-corrected chi connectivity index (χ4v) is 8.11. The Kier molecular flexibility index (Phi) is 4.24. The zero-order valence-electron chi connectivity index (χ0n) is 16.1. The topological polar surface area (TPSA) is 35.5 Å². The molecule has 1 aliphatic heterocycles. The van der Waals surface area contributed by atoms with Crippen LogP contribution < -0.4 is 0 Å². The predicted molar refractivity (Wildman–Crippen MR) is 96.2 cm³/mol. The van der Waals surface area contributed by atoms with Crippen molar-refractivity contribution in [3.63, 3.8) is 0 Å². The molecule has 26 heavy (non-hydrogen) atoms. The van der Waals surface area contributed by atoms with Crippen LogP contribution in [0.4, 0.5) is 4.39 Å². The van der Waals surface area contributed by atoms with Gasteiger partial charge in [-0.2, -0.15) is 0 Å². The Balaban J connectivity index is 1.43. The van der Waals surface area contributed by atoms with Crippen LogP contribution in [0.5, 0.6) is 0 Å². The maximum Gasteiger partial charge on any atom is 0.168 e. The molecule has 0 aromatic rings. The number of hydrogen-bond donors (Lipinski definition) is 0. The standard InChI is InChI=1S/C22H33FO3/c1-21-12-15(7-9-23)20-16-6-8-22(25-10-11-26-22)13-14(16)2-3-17(20)18(21)4-5-19(21)24/h14-18,20H,2-13H2,1H3/t14-,15?,16?,17?,18?,20?,21-/m0/s1. The first-order valence-electron chi connectivity index (χ1n) is 10.9. The summed E-state index contributed by atoms with van der Waals surface area (Å²) < 4.78 is 25.5. The van der Waals surface area contributed by atoms with Gasteiger partial charge in [-0.15, -0.1) is 0 Å². The fraction of sp³-hybridized carbons (Fsp3) is 0.955. The van der Waals surface area contributed by atoms with E-state index in [-0.39, 0.29) is 17.9 Å². The summed E-state index contributed by atoms with van der Waals surface area (Å²) in [5.41, 5.74) is -0.165. The lowest BCUT2D eigenvalue weighted by Gasteiger charge is -2.58. The smallest absolute Gasteiger partial charge is 0.168 e. The molecule has 5 aliphatic rings. The third-order valence-corrected chi connectivity index (χ3v) is 9.08. The molecule has 1 spiro atoms. The number of carbonyl (C=O) groups is 1. The highest BCUT2D eigenvalue weighted by Gasteiger charge is 2.61. The van der Waals surface area contributed by atoms with Crippen molar-refractivity contribution in [3.05, 3.63) is 0 Å². The Morgan fingerprint density at radius 3 is 2.65 bits per heavy atom. The third-order valence-electron chi connectivity index (χ3n) is 9.08. The molecule has 7 atom stereocenters. The van der Waals surface area contributed by atoms with Crippen molar-refractivity contribution in [1.29, 1.82) is 0 Å². The molecule has 146 valence electrons. The molecule has 0 aromatic carbocycles. The molecular weight excluding hydrogens is 331 g/mol. The van der Waals surface area contributed by atoms with Crippen LogP contribution in [-0.4, -0.2) is 31.5 Å². The van der Waals surface area contributed by atoms with E-state index in [1.807, 2.05) is 0 Å². The van der Waals surface area contributed by atoms with Gasteiger partial charge in [0.2, 0.25) is 0 Å². The van der Waals surface area contributed by atoms with Gasteiger partial charge in [-0.1, -0.05) is 6.92 Å². The van der Waals surface area contributed by atoms with Gasteiger partial charge in [0, 0.05) is 24.7 Å². The molecule has 0 radical (unpaired) electrons. The molecule has 5 rings (SSSR count). The molecule has 4 heteroatoms. The highest BCUT2D eigenvalue weighted by atomic mass is 19.1. The second kappa shape index (κ2) is 6.27. The molecule has 5 fully saturated rings. The number of fused-ring (bicyclic) bond motifs is 5. The number of hydrogen-bond acceptors (Lipinski definition) is 3. The quantitative estimate of drug-likeness (QED) is 0.722. The predicted octanol–water partition coefficient (Wildman–Crippen LogP) is 4.54. The van der Waals surface area contributed by atoms with Crippen molar-refractivity contribution in [3.8, 4) is 0 Å². The Labute approximate surface area is 156 Å². The summed E-state index contributed by atoms with van der Waals surface area (Å²) in [5.74, 6) is 3.69. The van der Waals surface area contributed by atoms with Gasteiger partial charge < -0.3 is 9.47 Å². The molecule has 1 heterocycles. The summed E-state index contributed by atoms with van der Waals surface area (Å²) in [6.07, 6.45) is 9.07. The van der Waals surface area contributed by atoms with Crippen LogP contribution in [0, 0.1) is 40.9 Å². The van der Waals surface area contributed by atoms with E-state index >= 15 is 0 Å². The number of ketones is 1. The van der Waals surface area contributed by atoms with Crippen molar-refractivity contribution >= 4 is 5.78 Å². The highest BCUT2D eigenvalue weighted by Crippen LogP contribution is 2.64. The molecule has 0 amide bonds. The monoisotopic (exact) mass is 364 g/mol. The van der Waals surface area contributed by atoms with Gasteiger partial charge in [0.1, 0.15) is 5.78 Å². The Hall–Kier alpha value is -0.480. The van der Waals surface area contributed by atoms with Crippen LogP contribution in [-0.2, 0) is 14.3 Å². The van der Waals surface area contributed by atoms with Crippen LogP contribution in [0.1, 0.15) is 64.7 Å². The van der Waals surface area contributed by atoms with Gasteiger partial charge in [0.15, 0.2) is 5.79 Å². The second-order valence-electron chi connectivity index (χ2n) is 10.0. The maximum atomic E-state index is 13.4. The first kappa shape index (κ1) is 17.6. The minimum Gasteiger partial charge on any atom is -0.348 e. The normalized spacial score (nSPS) is 49.7. The largest absolute Gasteiger partial charge is 0.348 e. The second-order valence-corrected chi connectivity index (χ2v) is 10.0. The Morgan fingerprint density at radius 2 is 1.88 bits per heavy atom. The SMILES string of the molecule is C[C@]12CC(CCF)C3C(CC[C@H]4CC5(CCC34)OCCO5)C1CCC2=O. The molecule has 4 aliphatic carbocycles. The van der Waals surface area contributed by atoms with E-state index in [1.165, 1.54) is 12.8 Å². The lowest BCUT2D eigenvalue weighted by Crippen LogP contribution is -2.54. The summed E-state index contributed by atoms with van der Waals surface area (Å²) in [6.45, 7) is 3.43. The van der Waals surface area contributed by atoms with Gasteiger partial charge in [-0.05, 0) is 74.0 Å². The molecule has 0 aromatic heterocycles.